The second-order valence-corrected chi connectivity index (χ2v) is 4.48. The summed E-state index contributed by atoms with van der Waals surface area (Å²) in [5, 5.41) is 3.78. The number of nitrogens with two attached hydrogens (primary N) is 1. The smallest absolute Gasteiger partial charge is 0.316 e. The summed E-state index contributed by atoms with van der Waals surface area (Å²) < 4.78 is 26.1. The van der Waals surface area contributed by atoms with Gasteiger partial charge >= 0.3 is 11.8 Å². The van der Waals surface area contributed by atoms with E-state index in [1.54, 1.807) is 0 Å². The van der Waals surface area contributed by atoms with Crippen molar-refractivity contribution >= 4 is 29.1 Å². The number of anilines is 2. The van der Waals surface area contributed by atoms with E-state index in [-0.39, 0.29) is 11.3 Å². The van der Waals surface area contributed by atoms with Crippen molar-refractivity contribution in [2.24, 2.45) is 0 Å². The number of carbonyl (C=O) groups excluding carboxylic acids is 3. The monoisotopic (exact) mass is 319 g/mol. The Labute approximate surface area is 129 Å². The second kappa shape index (κ2) is 6.65. The van der Waals surface area contributed by atoms with Gasteiger partial charge in [-0.25, -0.2) is 8.78 Å². The summed E-state index contributed by atoms with van der Waals surface area (Å²) in [6, 6.07) is 8.06. The maximum absolute atomic E-state index is 13.4. The third-order valence-corrected chi connectivity index (χ3v) is 2.79. The molecule has 8 heteroatoms. The fourth-order valence-electron chi connectivity index (χ4n) is 1.64. The Hall–Kier alpha value is -3.29. The van der Waals surface area contributed by atoms with Crippen LogP contribution < -0.4 is 16.4 Å². The fraction of sp³-hybridized carbons (Fsp3) is 0. The molecule has 0 saturated heterocycles. The summed E-state index contributed by atoms with van der Waals surface area (Å²) in [6.07, 6.45) is 0. The van der Waals surface area contributed by atoms with E-state index in [2.05, 4.69) is 0 Å². The number of rotatable bonds is 2. The number of hydrogen-bond donors (Lipinski definition) is 3. The molecule has 0 aliphatic rings. The van der Waals surface area contributed by atoms with Crippen LogP contribution in [0.5, 0.6) is 0 Å². The first-order valence-corrected chi connectivity index (χ1v) is 6.34. The summed E-state index contributed by atoms with van der Waals surface area (Å²) in [5.74, 6) is -5.24. The molecule has 23 heavy (non-hydrogen) atoms. The van der Waals surface area contributed by atoms with Gasteiger partial charge in [-0.05, 0) is 36.4 Å². The molecule has 0 fully saturated rings. The highest BCUT2D eigenvalue weighted by atomic mass is 19.1. The van der Waals surface area contributed by atoms with Crippen molar-refractivity contribution in [2.75, 3.05) is 11.1 Å². The van der Waals surface area contributed by atoms with Crippen LogP contribution in [-0.2, 0) is 9.59 Å². The van der Waals surface area contributed by atoms with E-state index in [1.807, 2.05) is 10.6 Å². The van der Waals surface area contributed by atoms with E-state index in [0.29, 0.717) is 11.8 Å². The summed E-state index contributed by atoms with van der Waals surface area (Å²) in [5.41, 5.74) is 5.63. The van der Waals surface area contributed by atoms with Crippen molar-refractivity contribution in [3.05, 3.63) is 59.7 Å². The number of hydrogen-bond acceptors (Lipinski definition) is 4. The van der Waals surface area contributed by atoms with E-state index in [4.69, 9.17) is 5.73 Å². The molecule has 0 aliphatic carbocycles. The number of carbonyl (C=O) groups is 3. The number of benzene rings is 2. The summed E-state index contributed by atoms with van der Waals surface area (Å²) in [6.45, 7) is 0. The van der Waals surface area contributed by atoms with Crippen LogP contribution in [0.15, 0.2) is 42.5 Å². The molecule has 0 heterocycles. The highest BCUT2D eigenvalue weighted by molar-refractivity contribution is 6.42. The van der Waals surface area contributed by atoms with E-state index >= 15 is 0 Å². The Morgan fingerprint density at radius 2 is 1.57 bits per heavy atom. The standard InChI is InChI=1S/C15H11F2N3O3/c16-9-3-6-12(11(17)7-9)19-14(22)15(23)20-13(21)8-1-4-10(18)5-2-8/h1-7H,18H2,(H,19,22)(H,20,21,23). The molecular formula is C15H11F2N3O3. The topological polar surface area (TPSA) is 101 Å². The molecule has 2 rings (SSSR count). The van der Waals surface area contributed by atoms with Crippen LogP contribution in [0.25, 0.3) is 0 Å². The second-order valence-electron chi connectivity index (χ2n) is 4.48. The predicted octanol–water partition coefficient (Wildman–Crippen LogP) is 1.44. The molecule has 6 nitrogen and oxygen atoms in total. The largest absolute Gasteiger partial charge is 0.399 e. The molecule has 0 aliphatic heterocycles. The first-order chi connectivity index (χ1) is 10.9. The highest BCUT2D eigenvalue weighted by Gasteiger charge is 2.19. The molecule has 0 aromatic heterocycles. The maximum atomic E-state index is 13.4. The van der Waals surface area contributed by atoms with Gasteiger partial charge in [-0.3, -0.25) is 19.7 Å². The first kappa shape index (κ1) is 16.1. The number of amides is 3. The molecule has 4 N–H and O–H groups in total. The zero-order valence-corrected chi connectivity index (χ0v) is 11.6. The minimum absolute atomic E-state index is 0.119. The van der Waals surface area contributed by atoms with Crippen molar-refractivity contribution < 1.29 is 23.2 Å². The van der Waals surface area contributed by atoms with Gasteiger partial charge in [-0.15, -0.1) is 0 Å². The van der Waals surface area contributed by atoms with Crippen LogP contribution in [0.2, 0.25) is 0 Å². The van der Waals surface area contributed by atoms with Crippen molar-refractivity contribution in [3.8, 4) is 0 Å². The van der Waals surface area contributed by atoms with Gasteiger partial charge in [0.25, 0.3) is 5.91 Å². The minimum atomic E-state index is -1.28. The fourth-order valence-corrected chi connectivity index (χ4v) is 1.64. The van der Waals surface area contributed by atoms with E-state index in [0.717, 1.165) is 12.1 Å². The van der Waals surface area contributed by atoms with Gasteiger partial charge in [0, 0.05) is 17.3 Å². The third kappa shape index (κ3) is 4.10. The molecule has 0 bridgehead atoms. The quantitative estimate of drug-likeness (QED) is 0.576. The van der Waals surface area contributed by atoms with Gasteiger partial charge < -0.3 is 11.1 Å². The maximum Gasteiger partial charge on any atom is 0.316 e. The Balaban J connectivity index is 2.01. The lowest BCUT2D eigenvalue weighted by Crippen LogP contribution is -2.39. The highest BCUT2D eigenvalue weighted by Crippen LogP contribution is 2.14. The molecule has 0 atom stereocenters. The zero-order valence-electron chi connectivity index (χ0n) is 11.6. The van der Waals surface area contributed by atoms with Gasteiger partial charge in [0.2, 0.25) is 0 Å². The number of imide groups is 1. The molecule has 118 valence electrons. The Bertz CT molecular complexity index is 776. The Morgan fingerprint density at radius 3 is 2.17 bits per heavy atom. The lowest BCUT2D eigenvalue weighted by molar-refractivity contribution is -0.135. The van der Waals surface area contributed by atoms with Crippen LogP contribution >= 0.6 is 0 Å². The lowest BCUT2D eigenvalue weighted by Gasteiger charge is -2.07. The summed E-state index contributed by atoms with van der Waals surface area (Å²) >= 11 is 0. The average molecular weight is 319 g/mol. The molecule has 0 unspecified atom stereocenters. The summed E-state index contributed by atoms with van der Waals surface area (Å²) in [7, 11) is 0. The van der Waals surface area contributed by atoms with Gasteiger partial charge in [0.15, 0.2) is 0 Å². The van der Waals surface area contributed by atoms with Gasteiger partial charge in [0.1, 0.15) is 11.6 Å². The lowest BCUT2D eigenvalue weighted by atomic mass is 10.2. The normalized spacial score (nSPS) is 10.0. The molecular weight excluding hydrogens is 308 g/mol. The van der Waals surface area contributed by atoms with Crippen LogP contribution in [0, 0.1) is 11.6 Å². The summed E-state index contributed by atoms with van der Waals surface area (Å²) in [4.78, 5) is 35.0. The van der Waals surface area contributed by atoms with Gasteiger partial charge in [0.05, 0.1) is 5.69 Å². The van der Waals surface area contributed by atoms with Crippen molar-refractivity contribution in [3.63, 3.8) is 0 Å². The average Bonchev–Trinajstić information content (AvgIpc) is 2.50. The van der Waals surface area contributed by atoms with Crippen LogP contribution in [0.4, 0.5) is 20.2 Å². The van der Waals surface area contributed by atoms with Crippen LogP contribution in [-0.4, -0.2) is 17.7 Å². The minimum Gasteiger partial charge on any atom is -0.399 e. The van der Waals surface area contributed by atoms with E-state index in [9.17, 15) is 23.2 Å². The zero-order chi connectivity index (χ0) is 17.0. The van der Waals surface area contributed by atoms with E-state index in [1.165, 1.54) is 24.3 Å². The van der Waals surface area contributed by atoms with Gasteiger partial charge in [-0.1, -0.05) is 0 Å². The van der Waals surface area contributed by atoms with Crippen molar-refractivity contribution in [1.82, 2.24) is 5.32 Å². The van der Waals surface area contributed by atoms with Crippen molar-refractivity contribution in [2.45, 2.75) is 0 Å². The van der Waals surface area contributed by atoms with Crippen molar-refractivity contribution in [1.29, 1.82) is 0 Å². The molecule has 2 aromatic rings. The Morgan fingerprint density at radius 1 is 0.913 bits per heavy atom. The molecule has 3 amide bonds. The van der Waals surface area contributed by atoms with E-state index < -0.39 is 29.4 Å². The molecule has 0 saturated carbocycles. The van der Waals surface area contributed by atoms with Crippen LogP contribution in [0.3, 0.4) is 0 Å². The number of nitrogens with one attached hydrogen (secondary N) is 2. The van der Waals surface area contributed by atoms with Crippen LogP contribution in [0.1, 0.15) is 10.4 Å². The van der Waals surface area contributed by atoms with Gasteiger partial charge in [-0.2, -0.15) is 0 Å². The molecule has 2 aromatic carbocycles. The first-order valence-electron chi connectivity index (χ1n) is 6.34. The SMILES string of the molecule is Nc1ccc(C(=O)NC(=O)C(=O)Nc2ccc(F)cc2F)cc1. The Kier molecular flexibility index (Phi) is 4.65. The predicted molar refractivity (Wildman–Crippen MR) is 78.3 cm³/mol. The molecule has 0 spiro atoms. The number of halogens is 2. The molecule has 0 radical (unpaired) electrons. The number of nitrogen functional groups attached to an aromatic ring is 1. The third-order valence-electron chi connectivity index (χ3n) is 2.79.